The van der Waals surface area contributed by atoms with Crippen LogP contribution in [0.5, 0.6) is 5.75 Å². The molecule has 3 nitrogen and oxygen atoms in total. The molecular weight excluding hydrogens is 219 g/mol. The molecule has 0 atom stereocenters. The first-order valence-corrected chi connectivity index (χ1v) is 5.60. The fourth-order valence-electron chi connectivity index (χ4n) is 1.97. The zero-order valence-corrected chi connectivity index (χ0v) is 10.4. The molecule has 1 heterocycles. The number of halogens is 1. The molecule has 0 saturated carbocycles. The lowest BCUT2D eigenvalue weighted by molar-refractivity contribution is 0.391. The smallest absolute Gasteiger partial charge is 0.165 e. The molecule has 0 aliphatic carbocycles. The van der Waals surface area contributed by atoms with Crippen LogP contribution in [-0.4, -0.2) is 37.6 Å². The number of likely N-dealkylation sites (N-methyl/N-ethyl adjacent to an activating group) is 1. The Labute approximate surface area is 100 Å². The van der Waals surface area contributed by atoms with Crippen LogP contribution in [0.3, 0.4) is 0 Å². The van der Waals surface area contributed by atoms with Crippen molar-refractivity contribution in [2.45, 2.75) is 6.42 Å². The van der Waals surface area contributed by atoms with Crippen LogP contribution < -0.4 is 4.74 Å². The van der Waals surface area contributed by atoms with Crippen LogP contribution in [0.4, 0.5) is 4.39 Å². The lowest BCUT2D eigenvalue weighted by atomic mass is 10.1. The number of ether oxygens (including phenoxy) is 1. The van der Waals surface area contributed by atoms with Gasteiger partial charge in [-0.05, 0) is 38.2 Å². The summed E-state index contributed by atoms with van der Waals surface area (Å²) in [7, 11) is 5.54. The first-order chi connectivity index (χ1) is 8.13. The second-order valence-corrected chi connectivity index (χ2v) is 4.37. The van der Waals surface area contributed by atoms with Crippen molar-refractivity contribution in [2.75, 3.05) is 27.7 Å². The van der Waals surface area contributed by atoms with Gasteiger partial charge in [-0.1, -0.05) is 0 Å². The first-order valence-electron chi connectivity index (χ1n) is 5.60. The second kappa shape index (κ2) is 4.75. The van der Waals surface area contributed by atoms with E-state index in [9.17, 15) is 4.39 Å². The number of benzene rings is 1. The van der Waals surface area contributed by atoms with Crippen molar-refractivity contribution in [3.8, 4) is 5.75 Å². The summed E-state index contributed by atoms with van der Waals surface area (Å²) in [6.07, 6.45) is 2.79. The molecule has 0 unspecified atom stereocenters. The Morgan fingerprint density at radius 3 is 2.76 bits per heavy atom. The molecule has 2 rings (SSSR count). The largest absolute Gasteiger partial charge is 0.493 e. The van der Waals surface area contributed by atoms with Gasteiger partial charge in [-0.2, -0.15) is 0 Å². The number of hydrogen-bond acceptors (Lipinski definition) is 2. The lowest BCUT2D eigenvalue weighted by Crippen LogP contribution is -2.14. The Morgan fingerprint density at radius 2 is 2.12 bits per heavy atom. The Hall–Kier alpha value is -1.55. The molecule has 2 aromatic rings. The molecule has 0 fully saturated rings. The van der Waals surface area contributed by atoms with Crippen LogP contribution in [-0.2, 0) is 6.42 Å². The maximum absolute atomic E-state index is 13.6. The van der Waals surface area contributed by atoms with Gasteiger partial charge < -0.3 is 14.6 Å². The third-order valence-corrected chi connectivity index (χ3v) is 2.87. The number of aromatic nitrogens is 1. The average Bonchev–Trinajstić information content (AvgIpc) is 2.69. The van der Waals surface area contributed by atoms with E-state index in [0.29, 0.717) is 5.75 Å². The Balaban J connectivity index is 2.46. The summed E-state index contributed by atoms with van der Waals surface area (Å²) in [6.45, 7) is 0.923. The number of hydrogen-bond donors (Lipinski definition) is 1. The highest BCUT2D eigenvalue weighted by molar-refractivity contribution is 5.89. The third kappa shape index (κ3) is 2.26. The van der Waals surface area contributed by atoms with Crippen LogP contribution in [0.1, 0.15) is 5.56 Å². The van der Waals surface area contributed by atoms with Gasteiger partial charge >= 0.3 is 0 Å². The number of aromatic amines is 1. The van der Waals surface area contributed by atoms with E-state index in [1.807, 2.05) is 20.3 Å². The van der Waals surface area contributed by atoms with Crippen molar-refractivity contribution in [1.82, 2.24) is 9.88 Å². The number of H-pyrrole nitrogens is 1. The minimum absolute atomic E-state index is 0.314. The number of nitrogens with zero attached hydrogens (tertiary/aromatic N) is 1. The highest BCUT2D eigenvalue weighted by atomic mass is 19.1. The normalized spacial score (nSPS) is 11.4. The van der Waals surface area contributed by atoms with Gasteiger partial charge in [0, 0.05) is 23.6 Å². The van der Waals surface area contributed by atoms with Crippen LogP contribution in [0.15, 0.2) is 18.3 Å². The zero-order chi connectivity index (χ0) is 12.4. The Kier molecular flexibility index (Phi) is 3.33. The van der Waals surface area contributed by atoms with Gasteiger partial charge in [-0.15, -0.1) is 0 Å². The molecule has 17 heavy (non-hydrogen) atoms. The van der Waals surface area contributed by atoms with E-state index < -0.39 is 0 Å². The van der Waals surface area contributed by atoms with Gasteiger partial charge in [-0.25, -0.2) is 4.39 Å². The molecule has 0 amide bonds. The summed E-state index contributed by atoms with van der Waals surface area (Å²) >= 11 is 0. The van der Waals surface area contributed by atoms with Crippen molar-refractivity contribution in [3.05, 3.63) is 29.7 Å². The highest BCUT2D eigenvalue weighted by Gasteiger charge is 2.13. The van der Waals surface area contributed by atoms with Crippen LogP contribution in [0.25, 0.3) is 10.9 Å². The molecule has 1 aromatic carbocycles. The molecule has 1 aromatic heterocycles. The summed E-state index contributed by atoms with van der Waals surface area (Å²) in [5.74, 6) is 0.0169. The van der Waals surface area contributed by atoms with Crippen LogP contribution in [0.2, 0.25) is 0 Å². The van der Waals surface area contributed by atoms with Crippen molar-refractivity contribution < 1.29 is 9.13 Å². The van der Waals surface area contributed by atoms with Crippen molar-refractivity contribution in [1.29, 1.82) is 0 Å². The minimum atomic E-state index is -0.314. The van der Waals surface area contributed by atoms with Gasteiger partial charge in [0.25, 0.3) is 0 Å². The number of rotatable bonds is 4. The molecule has 92 valence electrons. The summed E-state index contributed by atoms with van der Waals surface area (Å²) in [5.41, 5.74) is 2.00. The summed E-state index contributed by atoms with van der Waals surface area (Å²) < 4.78 is 18.8. The van der Waals surface area contributed by atoms with E-state index in [0.717, 1.165) is 29.4 Å². The standard InChI is InChI=1S/C13H17FN2O/c1-16(2)7-6-9-8-15-11-5-4-10(14)13(17-3)12(9)11/h4-5,8,15H,6-7H2,1-3H3. The molecule has 4 heteroatoms. The molecule has 0 saturated heterocycles. The molecule has 0 spiro atoms. The average molecular weight is 236 g/mol. The van der Waals surface area contributed by atoms with Gasteiger partial charge in [0.05, 0.1) is 7.11 Å². The van der Waals surface area contributed by atoms with E-state index in [-0.39, 0.29) is 5.82 Å². The van der Waals surface area contributed by atoms with Crippen LogP contribution >= 0.6 is 0 Å². The first kappa shape index (κ1) is 11.9. The number of fused-ring (bicyclic) bond motifs is 1. The fraction of sp³-hybridized carbons (Fsp3) is 0.385. The Morgan fingerprint density at radius 1 is 1.35 bits per heavy atom. The van der Waals surface area contributed by atoms with Gasteiger partial charge in [0.15, 0.2) is 11.6 Å². The molecule has 1 N–H and O–H groups in total. The van der Waals surface area contributed by atoms with E-state index in [1.54, 1.807) is 6.07 Å². The molecule has 0 aliphatic rings. The van der Waals surface area contributed by atoms with E-state index in [4.69, 9.17) is 4.74 Å². The van der Waals surface area contributed by atoms with Crippen LogP contribution in [0, 0.1) is 5.82 Å². The van der Waals surface area contributed by atoms with E-state index in [1.165, 1.54) is 13.2 Å². The molecule has 0 bridgehead atoms. The molecule has 0 aliphatic heterocycles. The predicted molar refractivity (Wildman–Crippen MR) is 67.1 cm³/mol. The van der Waals surface area contributed by atoms with Gasteiger partial charge in [0.1, 0.15) is 0 Å². The summed E-state index contributed by atoms with van der Waals surface area (Å²) in [6, 6.07) is 3.17. The topological polar surface area (TPSA) is 28.3 Å². The van der Waals surface area contributed by atoms with Gasteiger partial charge in [-0.3, -0.25) is 0 Å². The van der Waals surface area contributed by atoms with Crippen molar-refractivity contribution in [2.24, 2.45) is 0 Å². The monoisotopic (exact) mass is 236 g/mol. The number of nitrogens with one attached hydrogen (secondary N) is 1. The SMILES string of the molecule is COc1c(F)ccc2[nH]cc(CCN(C)C)c12. The van der Waals surface area contributed by atoms with Crippen molar-refractivity contribution in [3.63, 3.8) is 0 Å². The molecular formula is C13H17FN2O. The van der Waals surface area contributed by atoms with Crippen molar-refractivity contribution >= 4 is 10.9 Å². The summed E-state index contributed by atoms with van der Waals surface area (Å²) in [5, 5.41) is 0.856. The minimum Gasteiger partial charge on any atom is -0.493 e. The predicted octanol–water partition coefficient (Wildman–Crippen LogP) is 2.42. The maximum atomic E-state index is 13.6. The third-order valence-electron chi connectivity index (χ3n) is 2.87. The maximum Gasteiger partial charge on any atom is 0.165 e. The quantitative estimate of drug-likeness (QED) is 0.883. The van der Waals surface area contributed by atoms with E-state index in [2.05, 4.69) is 9.88 Å². The van der Waals surface area contributed by atoms with Gasteiger partial charge in [0.2, 0.25) is 0 Å². The highest BCUT2D eigenvalue weighted by Crippen LogP contribution is 2.31. The van der Waals surface area contributed by atoms with E-state index >= 15 is 0 Å². The lowest BCUT2D eigenvalue weighted by Gasteiger charge is -2.10. The zero-order valence-electron chi connectivity index (χ0n) is 10.4. The Bertz CT molecular complexity index is 519. The fourth-order valence-corrected chi connectivity index (χ4v) is 1.97. The number of methoxy groups -OCH3 is 1. The summed E-state index contributed by atoms with van der Waals surface area (Å²) in [4.78, 5) is 5.25. The second-order valence-electron chi connectivity index (χ2n) is 4.37. The molecule has 0 radical (unpaired) electrons.